The molecule has 1 aromatic rings. The van der Waals surface area contributed by atoms with Gasteiger partial charge in [0.15, 0.2) is 0 Å². The summed E-state index contributed by atoms with van der Waals surface area (Å²) < 4.78 is 0. The van der Waals surface area contributed by atoms with Gasteiger partial charge in [0, 0.05) is 12.6 Å². The second-order valence-corrected chi connectivity index (χ2v) is 3.67. The first-order valence-corrected chi connectivity index (χ1v) is 4.90. The molecular weight excluding hydrogens is 184 g/mol. The zero-order chi connectivity index (χ0) is 9.26. The van der Waals surface area contributed by atoms with Crippen LogP contribution in [-0.4, -0.2) is 13.6 Å². The van der Waals surface area contributed by atoms with Crippen molar-refractivity contribution in [2.75, 3.05) is 18.9 Å². The highest BCUT2D eigenvalue weighted by atomic mass is 35.5. The third-order valence-corrected chi connectivity index (χ3v) is 2.82. The number of rotatable bonds is 1. The molecule has 2 N–H and O–H groups in total. The Morgan fingerprint density at radius 2 is 2.38 bits per heavy atom. The number of benzene rings is 1. The van der Waals surface area contributed by atoms with Crippen LogP contribution in [0.15, 0.2) is 18.2 Å². The monoisotopic (exact) mass is 196 g/mol. The Morgan fingerprint density at radius 1 is 1.54 bits per heavy atom. The lowest BCUT2D eigenvalue weighted by Gasteiger charge is -2.26. The van der Waals surface area contributed by atoms with Crippen molar-refractivity contribution in [3.63, 3.8) is 0 Å². The van der Waals surface area contributed by atoms with E-state index in [9.17, 15) is 0 Å². The van der Waals surface area contributed by atoms with E-state index in [1.807, 2.05) is 19.2 Å². The standard InChI is InChI=1S/C10H13ClN2/c1-12-9-5-6-13-10-7(9)3-2-4-8(10)11/h2-4,9,12-13H,5-6H2,1H3. The van der Waals surface area contributed by atoms with Crippen LogP contribution in [0.3, 0.4) is 0 Å². The predicted octanol–water partition coefficient (Wildman–Crippen LogP) is 2.42. The molecule has 0 aliphatic carbocycles. The quantitative estimate of drug-likeness (QED) is 0.721. The van der Waals surface area contributed by atoms with Gasteiger partial charge in [0.05, 0.1) is 10.7 Å². The highest BCUT2D eigenvalue weighted by Crippen LogP contribution is 2.34. The van der Waals surface area contributed by atoms with E-state index < -0.39 is 0 Å². The molecule has 0 spiro atoms. The van der Waals surface area contributed by atoms with Crippen LogP contribution in [-0.2, 0) is 0 Å². The van der Waals surface area contributed by atoms with E-state index >= 15 is 0 Å². The lowest BCUT2D eigenvalue weighted by molar-refractivity contribution is 0.551. The maximum Gasteiger partial charge on any atom is 0.0640 e. The maximum atomic E-state index is 6.07. The number of para-hydroxylation sites is 1. The van der Waals surface area contributed by atoms with Gasteiger partial charge in [-0.15, -0.1) is 0 Å². The van der Waals surface area contributed by atoms with Gasteiger partial charge in [-0.05, 0) is 25.1 Å². The van der Waals surface area contributed by atoms with Crippen LogP contribution in [0.5, 0.6) is 0 Å². The lowest BCUT2D eigenvalue weighted by atomic mass is 9.98. The third kappa shape index (κ3) is 1.52. The first-order valence-electron chi connectivity index (χ1n) is 4.52. The number of halogens is 1. The zero-order valence-electron chi connectivity index (χ0n) is 7.60. The summed E-state index contributed by atoms with van der Waals surface area (Å²) in [5, 5.41) is 7.43. The molecule has 1 aliphatic heterocycles. The van der Waals surface area contributed by atoms with Crippen molar-refractivity contribution < 1.29 is 0 Å². The van der Waals surface area contributed by atoms with Crippen LogP contribution in [0.1, 0.15) is 18.0 Å². The number of fused-ring (bicyclic) bond motifs is 1. The Hall–Kier alpha value is -0.730. The van der Waals surface area contributed by atoms with Gasteiger partial charge in [-0.1, -0.05) is 23.7 Å². The van der Waals surface area contributed by atoms with E-state index in [0.717, 1.165) is 23.7 Å². The van der Waals surface area contributed by atoms with Crippen LogP contribution in [0.4, 0.5) is 5.69 Å². The molecule has 1 unspecified atom stereocenters. The summed E-state index contributed by atoms with van der Waals surface area (Å²) >= 11 is 6.07. The fraction of sp³-hybridized carbons (Fsp3) is 0.400. The topological polar surface area (TPSA) is 24.1 Å². The molecule has 2 nitrogen and oxygen atoms in total. The van der Waals surface area contributed by atoms with E-state index in [1.54, 1.807) is 0 Å². The molecule has 0 saturated heterocycles. The molecule has 2 rings (SSSR count). The summed E-state index contributed by atoms with van der Waals surface area (Å²) in [6.07, 6.45) is 1.11. The van der Waals surface area contributed by atoms with Gasteiger partial charge < -0.3 is 10.6 Å². The summed E-state index contributed by atoms with van der Waals surface area (Å²) in [5.41, 5.74) is 2.37. The number of nitrogens with one attached hydrogen (secondary N) is 2. The van der Waals surface area contributed by atoms with Crippen molar-refractivity contribution in [1.29, 1.82) is 0 Å². The molecule has 0 aromatic heterocycles. The minimum absolute atomic E-state index is 0.440. The Kier molecular flexibility index (Phi) is 2.42. The fourth-order valence-corrected chi connectivity index (χ4v) is 2.06. The second-order valence-electron chi connectivity index (χ2n) is 3.26. The average molecular weight is 197 g/mol. The molecule has 0 radical (unpaired) electrons. The van der Waals surface area contributed by atoms with Crippen molar-refractivity contribution in [3.8, 4) is 0 Å². The van der Waals surface area contributed by atoms with Crippen molar-refractivity contribution in [1.82, 2.24) is 5.32 Å². The van der Waals surface area contributed by atoms with E-state index in [2.05, 4.69) is 16.7 Å². The smallest absolute Gasteiger partial charge is 0.0640 e. The molecule has 0 amide bonds. The normalized spacial score (nSPS) is 20.6. The van der Waals surface area contributed by atoms with Crippen LogP contribution < -0.4 is 10.6 Å². The van der Waals surface area contributed by atoms with Gasteiger partial charge in [0.25, 0.3) is 0 Å². The molecule has 1 atom stereocenters. The zero-order valence-corrected chi connectivity index (χ0v) is 8.36. The minimum Gasteiger partial charge on any atom is -0.383 e. The van der Waals surface area contributed by atoms with Gasteiger partial charge in [-0.2, -0.15) is 0 Å². The summed E-state index contributed by atoms with van der Waals surface area (Å²) in [6.45, 7) is 0.988. The molecule has 1 heterocycles. The van der Waals surface area contributed by atoms with Gasteiger partial charge in [0.1, 0.15) is 0 Å². The van der Waals surface area contributed by atoms with E-state index in [1.165, 1.54) is 5.56 Å². The molecule has 0 bridgehead atoms. The van der Waals surface area contributed by atoms with Gasteiger partial charge >= 0.3 is 0 Å². The maximum absolute atomic E-state index is 6.07. The largest absolute Gasteiger partial charge is 0.383 e. The Morgan fingerprint density at radius 3 is 3.15 bits per heavy atom. The molecule has 70 valence electrons. The van der Waals surface area contributed by atoms with E-state index in [0.29, 0.717) is 6.04 Å². The minimum atomic E-state index is 0.440. The molecule has 13 heavy (non-hydrogen) atoms. The number of hydrogen-bond donors (Lipinski definition) is 2. The summed E-state index contributed by atoms with van der Waals surface area (Å²) in [7, 11) is 1.99. The highest BCUT2D eigenvalue weighted by molar-refractivity contribution is 6.33. The van der Waals surface area contributed by atoms with Crippen LogP contribution in [0, 0.1) is 0 Å². The van der Waals surface area contributed by atoms with Crippen LogP contribution in [0.2, 0.25) is 5.02 Å². The number of anilines is 1. The molecule has 3 heteroatoms. The fourth-order valence-electron chi connectivity index (χ4n) is 1.81. The van der Waals surface area contributed by atoms with Gasteiger partial charge in [0.2, 0.25) is 0 Å². The predicted molar refractivity (Wildman–Crippen MR) is 56.4 cm³/mol. The van der Waals surface area contributed by atoms with Crippen molar-refractivity contribution in [2.45, 2.75) is 12.5 Å². The summed E-state index contributed by atoms with van der Waals surface area (Å²) in [4.78, 5) is 0. The molecule has 0 fully saturated rings. The lowest BCUT2D eigenvalue weighted by Crippen LogP contribution is -2.25. The highest BCUT2D eigenvalue weighted by Gasteiger charge is 2.19. The summed E-state index contributed by atoms with van der Waals surface area (Å²) in [6, 6.07) is 6.48. The first kappa shape index (κ1) is 8.85. The van der Waals surface area contributed by atoms with Crippen LogP contribution >= 0.6 is 11.6 Å². The molecule has 0 saturated carbocycles. The van der Waals surface area contributed by atoms with Gasteiger partial charge in [-0.25, -0.2) is 0 Å². The third-order valence-electron chi connectivity index (χ3n) is 2.50. The Bertz CT molecular complexity index is 312. The first-order chi connectivity index (χ1) is 6.33. The Balaban J connectivity index is 2.45. The van der Waals surface area contributed by atoms with E-state index in [4.69, 9.17) is 11.6 Å². The van der Waals surface area contributed by atoms with Crippen molar-refractivity contribution >= 4 is 17.3 Å². The second kappa shape index (κ2) is 3.56. The van der Waals surface area contributed by atoms with Gasteiger partial charge in [-0.3, -0.25) is 0 Å². The van der Waals surface area contributed by atoms with Crippen molar-refractivity contribution in [3.05, 3.63) is 28.8 Å². The van der Waals surface area contributed by atoms with E-state index in [-0.39, 0.29) is 0 Å². The number of hydrogen-bond acceptors (Lipinski definition) is 2. The molecule has 1 aromatic carbocycles. The van der Waals surface area contributed by atoms with Crippen molar-refractivity contribution in [2.24, 2.45) is 0 Å². The van der Waals surface area contributed by atoms with Crippen LogP contribution in [0.25, 0.3) is 0 Å². The molecule has 1 aliphatic rings. The average Bonchev–Trinajstić information content (AvgIpc) is 2.18. The Labute approximate surface area is 83.3 Å². The summed E-state index contributed by atoms with van der Waals surface area (Å²) in [5.74, 6) is 0. The SMILES string of the molecule is CNC1CCNc2c(Cl)cccc21. The molecular formula is C10H13ClN2.